The number of methoxy groups -OCH3 is 1. The van der Waals surface area contributed by atoms with Crippen LogP contribution >= 0.6 is 0 Å². The number of esters is 1. The number of nitrogens with one attached hydrogen (secondary N) is 1. The molecule has 35 heavy (non-hydrogen) atoms. The van der Waals surface area contributed by atoms with Gasteiger partial charge in [0.15, 0.2) is 11.5 Å². The standard InChI is InChI=1S/C27H30N4O4/c1-5-34-27(32)26(29)24(25(28)20-10-12-30-13-11-20)21-14-22(33-4)23(15-31-21)35-16-18-6-8-19(9-7-18)17(2)3/h6-15,17,28H,5,16,29H2,1-4H3/b26-24-,28-25?. The van der Waals surface area contributed by atoms with Crippen LogP contribution < -0.4 is 15.2 Å². The molecule has 2 heterocycles. The van der Waals surface area contributed by atoms with E-state index in [0.29, 0.717) is 29.6 Å². The second kappa shape index (κ2) is 11.8. The number of carbonyl (C=O) groups is 1. The molecule has 3 N–H and O–H groups in total. The average molecular weight is 475 g/mol. The van der Waals surface area contributed by atoms with Crippen LogP contribution in [-0.2, 0) is 16.1 Å². The monoisotopic (exact) mass is 474 g/mol. The maximum absolute atomic E-state index is 12.4. The summed E-state index contributed by atoms with van der Waals surface area (Å²) < 4.78 is 16.5. The van der Waals surface area contributed by atoms with E-state index < -0.39 is 5.97 Å². The first-order valence-electron chi connectivity index (χ1n) is 11.3. The second-order valence-corrected chi connectivity index (χ2v) is 8.03. The van der Waals surface area contributed by atoms with Crippen LogP contribution in [0, 0.1) is 5.41 Å². The number of hydrogen-bond acceptors (Lipinski definition) is 8. The summed E-state index contributed by atoms with van der Waals surface area (Å²) in [6.07, 6.45) is 4.61. The molecule has 0 saturated carbocycles. The maximum atomic E-state index is 12.4. The maximum Gasteiger partial charge on any atom is 0.354 e. The molecule has 3 aromatic rings. The summed E-state index contributed by atoms with van der Waals surface area (Å²) in [7, 11) is 1.51. The van der Waals surface area contributed by atoms with Crippen molar-refractivity contribution in [3.8, 4) is 11.5 Å². The lowest BCUT2D eigenvalue weighted by Crippen LogP contribution is -2.21. The molecule has 0 unspecified atom stereocenters. The number of hydrogen-bond donors (Lipinski definition) is 2. The van der Waals surface area contributed by atoms with Gasteiger partial charge in [-0.2, -0.15) is 0 Å². The molecule has 182 valence electrons. The number of nitrogens with two attached hydrogens (primary N) is 1. The normalized spacial score (nSPS) is 11.6. The topological polar surface area (TPSA) is 120 Å². The van der Waals surface area contributed by atoms with Crippen LogP contribution in [0.2, 0.25) is 0 Å². The van der Waals surface area contributed by atoms with E-state index in [1.54, 1.807) is 37.5 Å². The first-order valence-corrected chi connectivity index (χ1v) is 11.3. The minimum atomic E-state index is -0.729. The lowest BCUT2D eigenvalue weighted by molar-refractivity contribution is -0.138. The molecule has 0 radical (unpaired) electrons. The van der Waals surface area contributed by atoms with Crippen molar-refractivity contribution in [2.45, 2.75) is 33.3 Å². The Balaban J connectivity index is 1.93. The van der Waals surface area contributed by atoms with Crippen molar-refractivity contribution >= 4 is 17.3 Å². The Morgan fingerprint density at radius 2 is 1.77 bits per heavy atom. The molecule has 0 saturated heterocycles. The van der Waals surface area contributed by atoms with Gasteiger partial charge in [0.1, 0.15) is 12.3 Å². The van der Waals surface area contributed by atoms with Gasteiger partial charge in [0.25, 0.3) is 0 Å². The van der Waals surface area contributed by atoms with Gasteiger partial charge < -0.3 is 19.9 Å². The van der Waals surface area contributed by atoms with Gasteiger partial charge in [0.05, 0.1) is 36.9 Å². The molecule has 2 aromatic heterocycles. The lowest BCUT2D eigenvalue weighted by atomic mass is 9.98. The zero-order valence-corrected chi connectivity index (χ0v) is 20.4. The summed E-state index contributed by atoms with van der Waals surface area (Å²) in [6, 6.07) is 13.1. The molecule has 0 aliphatic rings. The van der Waals surface area contributed by atoms with E-state index in [9.17, 15) is 4.79 Å². The summed E-state index contributed by atoms with van der Waals surface area (Å²) in [6.45, 7) is 6.46. The largest absolute Gasteiger partial charge is 0.493 e. The van der Waals surface area contributed by atoms with Crippen LogP contribution in [-0.4, -0.2) is 35.4 Å². The van der Waals surface area contributed by atoms with Crippen molar-refractivity contribution in [2.75, 3.05) is 13.7 Å². The fraction of sp³-hybridized carbons (Fsp3) is 0.259. The van der Waals surface area contributed by atoms with Crippen LogP contribution in [0.3, 0.4) is 0 Å². The quantitative estimate of drug-likeness (QED) is 0.252. The van der Waals surface area contributed by atoms with Gasteiger partial charge in [-0.3, -0.25) is 15.4 Å². The Morgan fingerprint density at radius 1 is 1.09 bits per heavy atom. The number of ether oxygens (including phenoxy) is 3. The van der Waals surface area contributed by atoms with E-state index in [1.807, 2.05) is 12.1 Å². The fourth-order valence-corrected chi connectivity index (χ4v) is 3.36. The molecule has 0 bridgehead atoms. The molecular formula is C27H30N4O4. The smallest absolute Gasteiger partial charge is 0.354 e. The van der Waals surface area contributed by atoms with Gasteiger partial charge in [-0.25, -0.2) is 4.79 Å². The Bertz CT molecular complexity index is 1210. The zero-order chi connectivity index (χ0) is 25.4. The third-order valence-electron chi connectivity index (χ3n) is 5.33. The highest BCUT2D eigenvalue weighted by Crippen LogP contribution is 2.31. The second-order valence-electron chi connectivity index (χ2n) is 8.03. The van der Waals surface area contributed by atoms with Crippen molar-refractivity contribution in [1.29, 1.82) is 5.41 Å². The van der Waals surface area contributed by atoms with Gasteiger partial charge in [-0.15, -0.1) is 0 Å². The van der Waals surface area contributed by atoms with Crippen LogP contribution in [0.4, 0.5) is 0 Å². The summed E-state index contributed by atoms with van der Waals surface area (Å²) in [4.78, 5) is 20.9. The highest BCUT2D eigenvalue weighted by atomic mass is 16.5. The molecule has 8 heteroatoms. The Kier molecular flexibility index (Phi) is 8.56. The van der Waals surface area contributed by atoms with Crippen LogP contribution in [0.5, 0.6) is 11.5 Å². The van der Waals surface area contributed by atoms with Crippen molar-refractivity contribution in [3.05, 3.63) is 89.1 Å². The number of benzene rings is 1. The molecular weight excluding hydrogens is 444 g/mol. The van der Waals surface area contributed by atoms with E-state index in [0.717, 1.165) is 5.56 Å². The number of rotatable bonds is 10. The summed E-state index contributed by atoms with van der Waals surface area (Å²) >= 11 is 0. The Labute approximate surface area is 205 Å². The summed E-state index contributed by atoms with van der Waals surface area (Å²) in [5.41, 5.74) is 9.13. The van der Waals surface area contributed by atoms with Crippen LogP contribution in [0.25, 0.3) is 5.57 Å². The van der Waals surface area contributed by atoms with E-state index in [1.165, 1.54) is 18.9 Å². The Morgan fingerprint density at radius 3 is 2.37 bits per heavy atom. The van der Waals surface area contributed by atoms with Crippen LogP contribution in [0.15, 0.2) is 66.8 Å². The van der Waals surface area contributed by atoms with Gasteiger partial charge in [-0.1, -0.05) is 38.1 Å². The SMILES string of the molecule is CCOC(=O)/C(N)=C(/C(=N)c1ccncc1)c1cc(OC)c(OCc2ccc(C(C)C)cc2)cn1. The molecule has 3 rings (SSSR count). The summed E-state index contributed by atoms with van der Waals surface area (Å²) in [5, 5.41) is 8.72. The molecule has 0 atom stereocenters. The number of aromatic nitrogens is 2. The highest BCUT2D eigenvalue weighted by Gasteiger charge is 2.23. The number of nitrogens with zero attached hydrogens (tertiary/aromatic N) is 2. The number of carbonyl (C=O) groups excluding carboxylic acids is 1. The first kappa shape index (κ1) is 25.4. The van der Waals surface area contributed by atoms with Gasteiger partial charge in [0.2, 0.25) is 0 Å². The number of allylic oxidation sites excluding steroid dienone is 1. The highest BCUT2D eigenvalue weighted by molar-refractivity contribution is 6.33. The molecule has 1 aromatic carbocycles. The van der Waals surface area contributed by atoms with E-state index in [4.69, 9.17) is 25.4 Å². The third-order valence-corrected chi connectivity index (χ3v) is 5.33. The fourth-order valence-electron chi connectivity index (χ4n) is 3.36. The van der Waals surface area contributed by atoms with Crippen molar-refractivity contribution in [1.82, 2.24) is 9.97 Å². The van der Waals surface area contributed by atoms with Crippen LogP contribution in [0.1, 0.15) is 49.1 Å². The minimum Gasteiger partial charge on any atom is -0.493 e. The summed E-state index contributed by atoms with van der Waals surface area (Å²) in [5.74, 6) is 0.545. The predicted molar refractivity (Wildman–Crippen MR) is 134 cm³/mol. The molecule has 8 nitrogen and oxygen atoms in total. The van der Waals surface area contributed by atoms with E-state index >= 15 is 0 Å². The van der Waals surface area contributed by atoms with Crippen molar-refractivity contribution < 1.29 is 19.0 Å². The molecule has 0 fully saturated rings. The minimum absolute atomic E-state index is 0.00594. The van der Waals surface area contributed by atoms with Gasteiger partial charge in [-0.05, 0) is 36.1 Å². The van der Waals surface area contributed by atoms with Gasteiger partial charge >= 0.3 is 5.97 Å². The lowest BCUT2D eigenvalue weighted by Gasteiger charge is -2.16. The number of pyridine rings is 2. The predicted octanol–water partition coefficient (Wildman–Crippen LogP) is 4.49. The van der Waals surface area contributed by atoms with Gasteiger partial charge in [0, 0.05) is 24.0 Å². The third kappa shape index (κ3) is 6.23. The van der Waals surface area contributed by atoms with Crippen molar-refractivity contribution in [3.63, 3.8) is 0 Å². The Hall–Kier alpha value is -4.20. The van der Waals surface area contributed by atoms with E-state index in [-0.39, 0.29) is 29.3 Å². The molecule has 0 spiro atoms. The molecule has 0 amide bonds. The van der Waals surface area contributed by atoms with E-state index in [2.05, 4.69) is 35.9 Å². The van der Waals surface area contributed by atoms with Crippen molar-refractivity contribution in [2.24, 2.45) is 5.73 Å². The average Bonchev–Trinajstić information content (AvgIpc) is 2.88. The molecule has 0 aliphatic carbocycles. The first-order chi connectivity index (χ1) is 16.8. The molecule has 0 aliphatic heterocycles. The zero-order valence-electron chi connectivity index (χ0n) is 20.4.